The van der Waals surface area contributed by atoms with Crippen LogP contribution >= 0.6 is 0 Å². The minimum absolute atomic E-state index is 0.00455. The van der Waals surface area contributed by atoms with Crippen molar-refractivity contribution in [2.45, 2.75) is 12.6 Å². The van der Waals surface area contributed by atoms with Crippen molar-refractivity contribution in [2.75, 3.05) is 0 Å². The maximum Gasteiger partial charge on any atom is 0.228 e. The first-order chi connectivity index (χ1) is 6.84. The minimum Gasteiger partial charge on any atom is -0.370 e. The zero-order valence-electron chi connectivity index (χ0n) is 7.51. The molecular weight excluding hydrogens is 180 g/mol. The van der Waals surface area contributed by atoms with Crippen molar-refractivity contribution in [3.8, 4) is 0 Å². The number of benzene rings is 1. The second kappa shape index (κ2) is 3.91. The molecule has 1 aromatic carbocycles. The van der Waals surface area contributed by atoms with Crippen LogP contribution in [0.25, 0.3) is 0 Å². The van der Waals surface area contributed by atoms with Gasteiger partial charge in [-0.25, -0.2) is 0 Å². The Balaban J connectivity index is 1.80. The lowest BCUT2D eigenvalue weighted by atomic mass is 10.2. The minimum atomic E-state index is -0.248. The number of oxime groups is 1. The van der Waals surface area contributed by atoms with Crippen LogP contribution < -0.4 is 5.32 Å². The van der Waals surface area contributed by atoms with E-state index in [0.29, 0.717) is 6.42 Å². The molecule has 0 radical (unpaired) electrons. The third-order valence-corrected chi connectivity index (χ3v) is 1.88. The molecule has 1 atom stereocenters. The van der Waals surface area contributed by atoms with Crippen molar-refractivity contribution < 1.29 is 9.63 Å². The summed E-state index contributed by atoms with van der Waals surface area (Å²) in [4.78, 5) is 15.5. The van der Waals surface area contributed by atoms with E-state index < -0.39 is 0 Å². The molecule has 2 rings (SSSR count). The quantitative estimate of drug-likeness (QED) is 0.437. The van der Waals surface area contributed by atoms with E-state index in [-0.39, 0.29) is 12.1 Å². The first kappa shape index (κ1) is 8.74. The van der Waals surface area contributed by atoms with E-state index in [1.165, 1.54) is 0 Å². The maximum atomic E-state index is 10.5. The SMILES string of the molecule is O=C1CC(O/N=C/c2ccccc2)N1. The molecule has 1 heterocycles. The van der Waals surface area contributed by atoms with Gasteiger partial charge in [0.05, 0.1) is 12.6 Å². The van der Waals surface area contributed by atoms with Gasteiger partial charge in [0.15, 0.2) is 0 Å². The summed E-state index contributed by atoms with van der Waals surface area (Å²) in [5.41, 5.74) is 0.971. The van der Waals surface area contributed by atoms with E-state index in [1.54, 1.807) is 6.21 Å². The molecule has 4 nitrogen and oxygen atoms in total. The average Bonchev–Trinajstić information content (AvgIpc) is 2.17. The molecule has 0 aliphatic carbocycles. The van der Waals surface area contributed by atoms with Gasteiger partial charge in [0.2, 0.25) is 12.1 Å². The third-order valence-electron chi connectivity index (χ3n) is 1.88. The summed E-state index contributed by atoms with van der Waals surface area (Å²) in [6.07, 6.45) is 1.76. The zero-order valence-corrected chi connectivity index (χ0v) is 7.51. The Bertz CT molecular complexity index is 340. The Morgan fingerprint density at radius 2 is 2.14 bits per heavy atom. The summed E-state index contributed by atoms with van der Waals surface area (Å²) < 4.78 is 0. The van der Waals surface area contributed by atoms with Crippen LogP contribution in [0, 0.1) is 0 Å². The number of hydrogen-bond acceptors (Lipinski definition) is 3. The Kier molecular flexibility index (Phi) is 2.44. The third kappa shape index (κ3) is 2.10. The molecule has 1 aromatic rings. The first-order valence-electron chi connectivity index (χ1n) is 4.38. The number of nitrogens with one attached hydrogen (secondary N) is 1. The second-order valence-electron chi connectivity index (χ2n) is 3.01. The predicted octanol–water partition coefficient (Wildman–Crippen LogP) is 0.883. The molecule has 1 aliphatic heterocycles. The van der Waals surface area contributed by atoms with Crippen LogP contribution in [-0.2, 0) is 9.63 Å². The van der Waals surface area contributed by atoms with Gasteiger partial charge in [0.1, 0.15) is 0 Å². The van der Waals surface area contributed by atoms with Crippen LogP contribution in [0.1, 0.15) is 12.0 Å². The zero-order chi connectivity index (χ0) is 9.80. The van der Waals surface area contributed by atoms with Crippen molar-refractivity contribution in [3.63, 3.8) is 0 Å². The highest BCUT2D eigenvalue weighted by atomic mass is 16.6. The molecule has 0 bridgehead atoms. The number of β-lactam (4-membered cyclic amide) rings is 1. The average molecular weight is 190 g/mol. The van der Waals surface area contributed by atoms with Crippen LogP contribution in [0.4, 0.5) is 0 Å². The molecule has 1 N–H and O–H groups in total. The van der Waals surface area contributed by atoms with E-state index in [0.717, 1.165) is 5.56 Å². The maximum absolute atomic E-state index is 10.5. The van der Waals surface area contributed by atoms with Crippen LogP contribution in [0.3, 0.4) is 0 Å². The molecule has 1 amide bonds. The lowest BCUT2D eigenvalue weighted by Crippen LogP contribution is -2.49. The van der Waals surface area contributed by atoms with Crippen LogP contribution in [0.5, 0.6) is 0 Å². The molecule has 1 unspecified atom stereocenters. The lowest BCUT2D eigenvalue weighted by molar-refractivity contribution is -0.140. The number of rotatable bonds is 3. The van der Waals surface area contributed by atoms with Crippen molar-refractivity contribution in [1.29, 1.82) is 0 Å². The molecular formula is C10H10N2O2. The van der Waals surface area contributed by atoms with Crippen molar-refractivity contribution in [2.24, 2.45) is 5.16 Å². The summed E-state index contributed by atoms with van der Waals surface area (Å²) >= 11 is 0. The summed E-state index contributed by atoms with van der Waals surface area (Å²) in [7, 11) is 0. The highest BCUT2D eigenvalue weighted by molar-refractivity contribution is 5.82. The standard InChI is InChI=1S/C10H10N2O2/c13-9-6-10(12-9)14-11-7-8-4-2-1-3-5-8/h1-5,7,10H,6H2,(H,12,13)/b11-7+. The summed E-state index contributed by atoms with van der Waals surface area (Å²) in [6, 6.07) is 9.63. The number of nitrogens with zero attached hydrogens (tertiary/aromatic N) is 1. The fourth-order valence-electron chi connectivity index (χ4n) is 1.09. The van der Waals surface area contributed by atoms with Gasteiger partial charge in [-0.1, -0.05) is 35.5 Å². The monoisotopic (exact) mass is 190 g/mol. The van der Waals surface area contributed by atoms with E-state index in [4.69, 9.17) is 4.84 Å². The Hall–Kier alpha value is -1.84. The van der Waals surface area contributed by atoms with E-state index in [9.17, 15) is 4.79 Å². The highest BCUT2D eigenvalue weighted by Gasteiger charge is 2.26. The number of hydrogen-bond donors (Lipinski definition) is 1. The molecule has 72 valence electrons. The van der Waals surface area contributed by atoms with Crippen molar-refractivity contribution in [3.05, 3.63) is 35.9 Å². The Morgan fingerprint density at radius 1 is 1.43 bits per heavy atom. The van der Waals surface area contributed by atoms with E-state index in [2.05, 4.69) is 10.5 Å². The number of carbonyl (C=O) groups is 1. The van der Waals surface area contributed by atoms with Gasteiger partial charge in [-0.2, -0.15) is 0 Å². The largest absolute Gasteiger partial charge is 0.370 e. The molecule has 1 saturated heterocycles. The normalized spacial score (nSPS) is 20.3. The van der Waals surface area contributed by atoms with Gasteiger partial charge in [0, 0.05) is 0 Å². The molecule has 14 heavy (non-hydrogen) atoms. The van der Waals surface area contributed by atoms with Gasteiger partial charge >= 0.3 is 0 Å². The number of carbonyl (C=O) groups excluding carboxylic acids is 1. The van der Waals surface area contributed by atoms with Gasteiger partial charge < -0.3 is 10.2 Å². The van der Waals surface area contributed by atoms with Gasteiger partial charge in [-0.3, -0.25) is 4.79 Å². The van der Waals surface area contributed by atoms with Crippen LogP contribution in [0.2, 0.25) is 0 Å². The van der Waals surface area contributed by atoms with Crippen LogP contribution in [0.15, 0.2) is 35.5 Å². The fourth-order valence-corrected chi connectivity index (χ4v) is 1.09. The van der Waals surface area contributed by atoms with E-state index >= 15 is 0 Å². The molecule has 1 fully saturated rings. The Labute approximate surface area is 81.6 Å². The first-order valence-corrected chi connectivity index (χ1v) is 4.38. The van der Waals surface area contributed by atoms with Gasteiger partial charge in [0.25, 0.3) is 0 Å². The summed E-state index contributed by atoms with van der Waals surface area (Å²) in [6.45, 7) is 0. The molecule has 0 aromatic heterocycles. The molecule has 0 spiro atoms. The fraction of sp³-hybridized carbons (Fsp3) is 0.200. The smallest absolute Gasteiger partial charge is 0.228 e. The topological polar surface area (TPSA) is 50.7 Å². The van der Waals surface area contributed by atoms with Crippen molar-refractivity contribution in [1.82, 2.24) is 5.32 Å². The lowest BCUT2D eigenvalue weighted by Gasteiger charge is -2.23. The van der Waals surface area contributed by atoms with Gasteiger partial charge in [-0.15, -0.1) is 0 Å². The summed E-state index contributed by atoms with van der Waals surface area (Å²) in [5, 5.41) is 6.31. The predicted molar refractivity (Wildman–Crippen MR) is 51.7 cm³/mol. The second-order valence-corrected chi connectivity index (χ2v) is 3.01. The highest BCUT2D eigenvalue weighted by Crippen LogP contribution is 2.05. The van der Waals surface area contributed by atoms with Crippen molar-refractivity contribution >= 4 is 12.1 Å². The Morgan fingerprint density at radius 3 is 2.79 bits per heavy atom. The summed E-state index contributed by atoms with van der Waals surface area (Å²) in [5.74, 6) is 0.00455. The number of amides is 1. The molecule has 1 aliphatic rings. The van der Waals surface area contributed by atoms with E-state index in [1.807, 2.05) is 30.3 Å². The molecule has 4 heteroatoms. The molecule has 0 saturated carbocycles. The van der Waals surface area contributed by atoms with Crippen LogP contribution in [-0.4, -0.2) is 18.3 Å². The van der Waals surface area contributed by atoms with Gasteiger partial charge in [-0.05, 0) is 5.56 Å².